The van der Waals surface area contributed by atoms with Gasteiger partial charge in [0.25, 0.3) is 0 Å². The molecule has 0 bridgehead atoms. The van der Waals surface area contributed by atoms with E-state index in [2.05, 4.69) is 31.8 Å². The molecular formula is C21H28N6O. The molecule has 1 aromatic heterocycles. The van der Waals surface area contributed by atoms with Gasteiger partial charge in [0.2, 0.25) is 0 Å². The van der Waals surface area contributed by atoms with E-state index < -0.39 is 0 Å². The number of aliphatic imine (C=N–C) groups is 1. The van der Waals surface area contributed by atoms with Gasteiger partial charge < -0.3 is 20.1 Å². The predicted octanol–water partition coefficient (Wildman–Crippen LogP) is 2.54. The molecular weight excluding hydrogens is 352 g/mol. The largest absolute Gasteiger partial charge is 0.368 e. The van der Waals surface area contributed by atoms with Crippen molar-refractivity contribution in [1.29, 1.82) is 5.26 Å². The second kappa shape index (κ2) is 9.27. The first kappa shape index (κ1) is 19.7. The third kappa shape index (κ3) is 4.63. The van der Waals surface area contributed by atoms with E-state index in [1.54, 1.807) is 7.05 Å². The number of para-hydroxylation sites is 1. The first-order valence-corrected chi connectivity index (χ1v) is 9.75. The van der Waals surface area contributed by atoms with Crippen LogP contribution in [-0.4, -0.2) is 43.8 Å². The highest BCUT2D eigenvalue weighted by atomic mass is 16.5. The van der Waals surface area contributed by atoms with Crippen LogP contribution in [0.2, 0.25) is 0 Å². The first-order chi connectivity index (χ1) is 13.6. The van der Waals surface area contributed by atoms with E-state index in [4.69, 9.17) is 4.52 Å². The zero-order valence-corrected chi connectivity index (χ0v) is 16.8. The molecule has 0 aliphatic carbocycles. The van der Waals surface area contributed by atoms with Crippen LogP contribution in [0.15, 0.2) is 33.8 Å². The molecule has 0 radical (unpaired) electrons. The number of nitrogens with one attached hydrogen (secondary N) is 2. The number of guanidine groups is 1. The first-order valence-electron chi connectivity index (χ1n) is 9.75. The van der Waals surface area contributed by atoms with Crippen molar-refractivity contribution in [2.24, 2.45) is 4.99 Å². The second-order valence-corrected chi connectivity index (χ2v) is 7.11. The van der Waals surface area contributed by atoms with Crippen molar-refractivity contribution in [2.75, 3.05) is 31.6 Å². The van der Waals surface area contributed by atoms with Crippen LogP contribution in [0, 0.1) is 25.2 Å². The molecule has 1 unspecified atom stereocenters. The molecule has 0 amide bonds. The van der Waals surface area contributed by atoms with Crippen LogP contribution in [0.4, 0.5) is 5.69 Å². The van der Waals surface area contributed by atoms with Crippen LogP contribution in [0.3, 0.4) is 0 Å². The molecule has 3 rings (SSSR count). The second-order valence-electron chi connectivity index (χ2n) is 7.11. The van der Waals surface area contributed by atoms with Gasteiger partial charge in [-0.25, -0.2) is 0 Å². The quantitative estimate of drug-likeness (QED) is 0.612. The summed E-state index contributed by atoms with van der Waals surface area (Å²) in [7, 11) is 1.79. The lowest BCUT2D eigenvalue weighted by atomic mass is 10.0. The van der Waals surface area contributed by atoms with Crippen LogP contribution in [-0.2, 0) is 6.42 Å². The monoisotopic (exact) mass is 380 g/mol. The molecule has 1 fully saturated rings. The minimum Gasteiger partial charge on any atom is -0.368 e. The minimum atomic E-state index is 0.283. The zero-order valence-electron chi connectivity index (χ0n) is 16.8. The highest BCUT2D eigenvalue weighted by molar-refractivity contribution is 5.80. The van der Waals surface area contributed by atoms with Gasteiger partial charge in [-0.2, -0.15) is 5.26 Å². The van der Waals surface area contributed by atoms with E-state index >= 15 is 0 Å². The maximum atomic E-state index is 9.38. The molecule has 1 aliphatic heterocycles. The number of nitriles is 1. The van der Waals surface area contributed by atoms with Crippen molar-refractivity contribution < 1.29 is 4.52 Å². The molecule has 7 nitrogen and oxygen atoms in total. The summed E-state index contributed by atoms with van der Waals surface area (Å²) in [5.74, 6) is 1.67. The Morgan fingerprint density at radius 3 is 2.93 bits per heavy atom. The maximum absolute atomic E-state index is 9.38. The summed E-state index contributed by atoms with van der Waals surface area (Å²) >= 11 is 0. The fourth-order valence-electron chi connectivity index (χ4n) is 3.71. The number of anilines is 1. The highest BCUT2D eigenvalue weighted by Crippen LogP contribution is 2.23. The number of nitrogens with zero attached hydrogens (tertiary/aromatic N) is 4. The third-order valence-corrected chi connectivity index (χ3v) is 5.20. The zero-order chi connectivity index (χ0) is 19.9. The lowest BCUT2D eigenvalue weighted by Crippen LogP contribution is -2.51. The minimum absolute atomic E-state index is 0.283. The number of aromatic nitrogens is 1. The Bertz CT molecular complexity index is 847. The van der Waals surface area contributed by atoms with E-state index in [0.717, 1.165) is 73.1 Å². The Hall–Kier alpha value is -3.01. The number of piperidine rings is 1. The summed E-state index contributed by atoms with van der Waals surface area (Å²) in [5, 5.41) is 20.3. The van der Waals surface area contributed by atoms with Crippen molar-refractivity contribution in [1.82, 2.24) is 15.8 Å². The van der Waals surface area contributed by atoms with Crippen LogP contribution >= 0.6 is 0 Å². The summed E-state index contributed by atoms with van der Waals surface area (Å²) in [6, 6.07) is 10.4. The van der Waals surface area contributed by atoms with Gasteiger partial charge in [-0.05, 0) is 45.2 Å². The lowest BCUT2D eigenvalue weighted by molar-refractivity contribution is 0.392. The summed E-state index contributed by atoms with van der Waals surface area (Å²) in [6.07, 6.45) is 3.00. The molecule has 0 saturated carbocycles. The fourth-order valence-corrected chi connectivity index (χ4v) is 3.71. The van der Waals surface area contributed by atoms with Gasteiger partial charge in [-0.1, -0.05) is 17.3 Å². The lowest BCUT2D eigenvalue weighted by Gasteiger charge is -2.35. The summed E-state index contributed by atoms with van der Waals surface area (Å²) in [4.78, 5) is 6.65. The van der Waals surface area contributed by atoms with Gasteiger partial charge in [0.1, 0.15) is 11.8 Å². The van der Waals surface area contributed by atoms with E-state index in [0.29, 0.717) is 0 Å². The van der Waals surface area contributed by atoms with E-state index in [1.165, 1.54) is 0 Å². The van der Waals surface area contributed by atoms with Crippen molar-refractivity contribution in [3.8, 4) is 6.07 Å². The Labute approximate surface area is 166 Å². The number of benzene rings is 1. The Kier molecular flexibility index (Phi) is 6.53. The van der Waals surface area contributed by atoms with Gasteiger partial charge in [-0.3, -0.25) is 4.99 Å². The molecule has 1 aliphatic rings. The Morgan fingerprint density at radius 2 is 2.21 bits per heavy atom. The summed E-state index contributed by atoms with van der Waals surface area (Å²) < 4.78 is 5.22. The average molecular weight is 380 g/mol. The molecule has 148 valence electrons. The molecule has 1 aromatic carbocycles. The number of aryl methyl sites for hydroxylation is 2. The van der Waals surface area contributed by atoms with Gasteiger partial charge in [0.15, 0.2) is 5.96 Å². The number of rotatable bonds is 5. The SMILES string of the molecule is CN=C(NCCc1c(C)noc1C)NC1CCCN(c2ccccc2C#N)C1. The van der Waals surface area contributed by atoms with Crippen LogP contribution in [0.25, 0.3) is 0 Å². The smallest absolute Gasteiger partial charge is 0.191 e. The molecule has 2 heterocycles. The summed E-state index contributed by atoms with van der Waals surface area (Å²) in [6.45, 7) is 6.49. The van der Waals surface area contributed by atoms with Gasteiger partial charge in [0, 0.05) is 38.3 Å². The topological polar surface area (TPSA) is 89.5 Å². The van der Waals surface area contributed by atoms with Crippen LogP contribution < -0.4 is 15.5 Å². The van der Waals surface area contributed by atoms with Crippen molar-refractivity contribution >= 4 is 11.6 Å². The molecule has 0 spiro atoms. The number of hydrogen-bond acceptors (Lipinski definition) is 5. The summed E-state index contributed by atoms with van der Waals surface area (Å²) in [5.41, 5.74) is 3.84. The van der Waals surface area contributed by atoms with Crippen LogP contribution in [0.5, 0.6) is 0 Å². The van der Waals surface area contributed by atoms with Gasteiger partial charge in [-0.15, -0.1) is 0 Å². The van der Waals surface area contributed by atoms with Crippen molar-refractivity contribution in [3.63, 3.8) is 0 Å². The average Bonchev–Trinajstić information content (AvgIpc) is 3.05. The number of hydrogen-bond donors (Lipinski definition) is 2. The van der Waals surface area contributed by atoms with Crippen molar-refractivity contribution in [2.45, 2.75) is 39.2 Å². The Morgan fingerprint density at radius 1 is 1.39 bits per heavy atom. The predicted molar refractivity (Wildman–Crippen MR) is 111 cm³/mol. The Balaban J connectivity index is 1.55. The molecule has 28 heavy (non-hydrogen) atoms. The van der Waals surface area contributed by atoms with E-state index in [9.17, 15) is 5.26 Å². The fraction of sp³-hybridized carbons (Fsp3) is 0.476. The van der Waals surface area contributed by atoms with Gasteiger partial charge in [0.05, 0.1) is 16.9 Å². The maximum Gasteiger partial charge on any atom is 0.191 e. The highest BCUT2D eigenvalue weighted by Gasteiger charge is 2.22. The molecule has 7 heteroatoms. The normalized spacial score (nSPS) is 17.3. The van der Waals surface area contributed by atoms with Gasteiger partial charge >= 0.3 is 0 Å². The van der Waals surface area contributed by atoms with E-state index in [-0.39, 0.29) is 6.04 Å². The van der Waals surface area contributed by atoms with Crippen molar-refractivity contribution in [3.05, 3.63) is 46.8 Å². The molecule has 2 N–H and O–H groups in total. The van der Waals surface area contributed by atoms with E-state index in [1.807, 2.05) is 38.1 Å². The van der Waals surface area contributed by atoms with Crippen LogP contribution in [0.1, 0.15) is 35.4 Å². The third-order valence-electron chi connectivity index (χ3n) is 5.20. The molecule has 1 atom stereocenters. The molecule has 1 saturated heterocycles. The standard InChI is InChI=1S/C21H28N6O/c1-15-19(16(2)28-26-15)10-11-24-21(23-3)25-18-8-6-12-27(14-18)20-9-5-4-7-17(20)13-22/h4-5,7,9,18H,6,8,10-12,14H2,1-3H3,(H2,23,24,25). The molecule has 2 aromatic rings.